The number of thiocarbonyl (C=S) groups is 1. The summed E-state index contributed by atoms with van der Waals surface area (Å²) < 4.78 is 5.13. The third-order valence-electron chi connectivity index (χ3n) is 3.07. The van der Waals surface area contributed by atoms with E-state index in [-0.39, 0.29) is 29.8 Å². The minimum absolute atomic E-state index is 0.0550. The molecule has 0 aromatic carbocycles. The van der Waals surface area contributed by atoms with Crippen molar-refractivity contribution in [1.82, 2.24) is 10.9 Å². The van der Waals surface area contributed by atoms with Gasteiger partial charge in [-0.25, -0.2) is 0 Å². The lowest BCUT2D eigenvalue weighted by molar-refractivity contribution is -0.152. The zero-order chi connectivity index (χ0) is 14.6. The Balaban J connectivity index is 2.82. The lowest BCUT2D eigenvalue weighted by atomic mass is 9.76. The number of nitrogens with one attached hydrogen (secondary N) is 2. The van der Waals surface area contributed by atoms with E-state index in [0.717, 1.165) is 0 Å². The molecule has 1 aliphatic rings. The van der Waals surface area contributed by atoms with E-state index in [1.54, 1.807) is 13.8 Å². The van der Waals surface area contributed by atoms with Gasteiger partial charge in [-0.1, -0.05) is 13.5 Å². The lowest BCUT2D eigenvalue weighted by Crippen LogP contribution is -2.43. The number of nitrogens with two attached hydrogens (primary N) is 1. The molecule has 1 rings (SSSR count). The zero-order valence-corrected chi connectivity index (χ0v) is 11.9. The molecule has 1 fully saturated rings. The summed E-state index contributed by atoms with van der Waals surface area (Å²) in [7, 11) is 0. The van der Waals surface area contributed by atoms with Crippen molar-refractivity contribution < 1.29 is 14.3 Å². The Bertz CT molecular complexity index is 414. The molecule has 0 spiro atoms. The van der Waals surface area contributed by atoms with Crippen LogP contribution in [0.5, 0.6) is 0 Å². The second-order valence-electron chi connectivity index (χ2n) is 4.67. The van der Waals surface area contributed by atoms with Crippen LogP contribution in [-0.2, 0) is 14.3 Å². The molecule has 0 saturated carbocycles. The van der Waals surface area contributed by atoms with Crippen LogP contribution < -0.4 is 16.6 Å². The number of rotatable bonds is 6. The number of hydrogen-bond donors (Lipinski definition) is 3. The number of allylic oxidation sites excluding steroid dienone is 1. The van der Waals surface area contributed by atoms with Crippen LogP contribution in [0.1, 0.15) is 33.1 Å². The van der Waals surface area contributed by atoms with Crippen molar-refractivity contribution in [3.63, 3.8) is 0 Å². The molecule has 1 heterocycles. The fraction of sp³-hybridized carbons (Fsp3) is 0.583. The normalized spacial score (nSPS) is 25.6. The molecule has 0 bridgehead atoms. The van der Waals surface area contributed by atoms with Crippen LogP contribution in [0.4, 0.5) is 0 Å². The van der Waals surface area contributed by atoms with Gasteiger partial charge in [0.2, 0.25) is 0 Å². The van der Waals surface area contributed by atoms with E-state index in [1.165, 1.54) is 0 Å². The van der Waals surface area contributed by atoms with Crippen molar-refractivity contribution >= 4 is 29.1 Å². The first-order valence-corrected chi connectivity index (χ1v) is 6.46. The first kappa shape index (κ1) is 15.4. The molecule has 0 amide bonds. The van der Waals surface area contributed by atoms with Crippen LogP contribution >= 0.6 is 12.2 Å². The van der Waals surface area contributed by atoms with Crippen LogP contribution in [0.3, 0.4) is 0 Å². The number of hydrogen-bond acceptors (Lipinski definition) is 5. The van der Waals surface area contributed by atoms with Crippen molar-refractivity contribution in [2.45, 2.75) is 39.2 Å². The summed E-state index contributed by atoms with van der Waals surface area (Å²) in [6.45, 7) is 7.26. The number of esters is 1. The smallest absolute Gasteiger partial charge is 0.320 e. The van der Waals surface area contributed by atoms with E-state index in [0.29, 0.717) is 12.1 Å². The number of cyclic esters (lactones) is 1. The summed E-state index contributed by atoms with van der Waals surface area (Å²) in [4.78, 5) is 24.1. The summed E-state index contributed by atoms with van der Waals surface area (Å²) in [5.41, 5.74) is 9.78. The van der Waals surface area contributed by atoms with E-state index < -0.39 is 11.4 Å². The van der Waals surface area contributed by atoms with E-state index in [1.807, 2.05) is 0 Å². The first-order valence-electron chi connectivity index (χ1n) is 6.05. The molecule has 1 saturated heterocycles. The highest BCUT2D eigenvalue weighted by Crippen LogP contribution is 2.40. The highest BCUT2D eigenvalue weighted by Gasteiger charge is 2.52. The van der Waals surface area contributed by atoms with Gasteiger partial charge in [0.1, 0.15) is 17.3 Å². The number of ketones is 1. The third-order valence-corrected chi connectivity index (χ3v) is 3.17. The molecule has 0 aromatic heterocycles. The maximum Gasteiger partial charge on any atom is 0.320 e. The average Bonchev–Trinajstić information content (AvgIpc) is 2.61. The first-order chi connectivity index (χ1) is 8.81. The number of hydrazine groups is 1. The summed E-state index contributed by atoms with van der Waals surface area (Å²) >= 11 is 4.65. The van der Waals surface area contributed by atoms with E-state index in [9.17, 15) is 9.59 Å². The maximum absolute atomic E-state index is 12.1. The van der Waals surface area contributed by atoms with Crippen LogP contribution in [0, 0.1) is 5.41 Å². The summed E-state index contributed by atoms with van der Waals surface area (Å²) in [5.74, 6) is -0.620. The molecule has 106 valence electrons. The summed E-state index contributed by atoms with van der Waals surface area (Å²) in [6.07, 6.45) is 0.544. The molecule has 0 unspecified atom stereocenters. The van der Waals surface area contributed by atoms with Gasteiger partial charge in [-0.2, -0.15) is 0 Å². The van der Waals surface area contributed by atoms with Crippen molar-refractivity contribution in [2.75, 3.05) is 0 Å². The van der Waals surface area contributed by atoms with Gasteiger partial charge in [-0.3, -0.25) is 15.0 Å². The summed E-state index contributed by atoms with van der Waals surface area (Å²) in [6, 6.07) is 0. The number of carbonyl (C=O) groups excluding carboxylic acids is 2. The van der Waals surface area contributed by atoms with Gasteiger partial charge in [0.05, 0.1) is 0 Å². The Morgan fingerprint density at radius 2 is 2.26 bits per heavy atom. The Hall–Kier alpha value is -1.63. The Kier molecular flexibility index (Phi) is 4.88. The molecule has 0 aliphatic carbocycles. The van der Waals surface area contributed by atoms with Crippen molar-refractivity contribution in [1.29, 1.82) is 0 Å². The Morgan fingerprint density at radius 1 is 1.63 bits per heavy atom. The van der Waals surface area contributed by atoms with Gasteiger partial charge in [-0.15, -0.1) is 0 Å². The predicted octanol–water partition coefficient (Wildman–Crippen LogP) is 0.529. The van der Waals surface area contributed by atoms with Crippen molar-refractivity contribution in [3.05, 3.63) is 12.3 Å². The second-order valence-corrected chi connectivity index (χ2v) is 5.11. The fourth-order valence-corrected chi connectivity index (χ4v) is 2.33. The maximum atomic E-state index is 12.1. The monoisotopic (exact) mass is 285 g/mol. The molecular formula is C12H19N3O3S. The molecule has 6 nitrogen and oxygen atoms in total. The zero-order valence-electron chi connectivity index (χ0n) is 11.1. The van der Waals surface area contributed by atoms with Crippen LogP contribution in [-0.4, -0.2) is 23.0 Å². The van der Waals surface area contributed by atoms with Crippen LogP contribution in [0.15, 0.2) is 12.3 Å². The second kappa shape index (κ2) is 6.01. The molecule has 0 radical (unpaired) electrons. The van der Waals surface area contributed by atoms with Gasteiger partial charge in [0, 0.05) is 25.0 Å². The molecule has 1 aliphatic heterocycles. The molecule has 4 N–H and O–H groups in total. The van der Waals surface area contributed by atoms with Gasteiger partial charge in [-0.05, 0) is 19.1 Å². The fourth-order valence-electron chi connectivity index (χ4n) is 2.28. The largest absolute Gasteiger partial charge is 0.462 e. The summed E-state index contributed by atoms with van der Waals surface area (Å²) in [5, 5.41) is 0.0550. The predicted molar refractivity (Wildman–Crippen MR) is 74.7 cm³/mol. The molecule has 2 atom stereocenters. The van der Waals surface area contributed by atoms with Gasteiger partial charge >= 0.3 is 5.97 Å². The lowest BCUT2D eigenvalue weighted by Gasteiger charge is -2.24. The Morgan fingerprint density at radius 3 is 2.68 bits per heavy atom. The standard InChI is InChI=1S/C12H19N3O3S/c1-4-9(16)12(6-8(3)18-10(12)17)5-7(2)14-15-11(13)19/h8,14H,2,4-6H2,1,3H3,(H3,13,15,19)/t8-,12+/m0/s1. The van der Waals surface area contributed by atoms with Gasteiger partial charge in [0.25, 0.3) is 0 Å². The highest BCUT2D eigenvalue weighted by atomic mass is 32.1. The van der Waals surface area contributed by atoms with E-state index in [2.05, 4.69) is 29.6 Å². The number of carbonyl (C=O) groups is 2. The minimum Gasteiger partial charge on any atom is -0.462 e. The van der Waals surface area contributed by atoms with Crippen LogP contribution in [0.2, 0.25) is 0 Å². The average molecular weight is 285 g/mol. The highest BCUT2D eigenvalue weighted by molar-refractivity contribution is 7.80. The van der Waals surface area contributed by atoms with Crippen LogP contribution in [0.25, 0.3) is 0 Å². The molecule has 7 heteroatoms. The number of Topliss-reactive ketones (excluding diaryl/α,β-unsaturated/α-hetero) is 1. The van der Waals surface area contributed by atoms with E-state index >= 15 is 0 Å². The molecule has 19 heavy (non-hydrogen) atoms. The quantitative estimate of drug-likeness (QED) is 0.284. The van der Waals surface area contributed by atoms with Gasteiger partial charge in [0.15, 0.2) is 5.11 Å². The SMILES string of the molecule is C=C(C[C@]1(C(=O)CC)C[C@H](C)OC1=O)NNC(N)=S. The van der Waals surface area contributed by atoms with Crippen molar-refractivity contribution in [3.8, 4) is 0 Å². The van der Waals surface area contributed by atoms with Crippen molar-refractivity contribution in [2.24, 2.45) is 11.1 Å². The molecular weight excluding hydrogens is 266 g/mol. The Labute approximate surface area is 117 Å². The molecule has 0 aromatic rings. The third kappa shape index (κ3) is 3.44. The minimum atomic E-state index is -1.14. The van der Waals surface area contributed by atoms with E-state index in [4.69, 9.17) is 10.5 Å². The van der Waals surface area contributed by atoms with Gasteiger partial charge < -0.3 is 15.9 Å². The topological polar surface area (TPSA) is 93.5 Å². The number of ether oxygens (including phenoxy) is 1.